The van der Waals surface area contributed by atoms with Crippen molar-refractivity contribution in [1.82, 2.24) is 14.9 Å². The standard InChI is InChI=1S/C27H27N3O/c1-20-26(19-30-17-13-24(14-18-30)23-11-15-28-16-12-23)29-27(31-20)25-9-7-22(8-10-25)21-5-3-2-4-6-21/h2-12,15-16,24H,13-14,17-19H2,1H3. The Hall–Kier alpha value is -3.24. The van der Waals surface area contributed by atoms with E-state index in [1.54, 1.807) is 0 Å². The predicted molar refractivity (Wildman–Crippen MR) is 124 cm³/mol. The Morgan fingerprint density at radius 1 is 0.839 bits per heavy atom. The second-order valence-electron chi connectivity index (χ2n) is 8.30. The van der Waals surface area contributed by atoms with E-state index in [0.29, 0.717) is 11.8 Å². The van der Waals surface area contributed by atoms with Gasteiger partial charge in [-0.3, -0.25) is 9.88 Å². The van der Waals surface area contributed by atoms with Crippen LogP contribution in [-0.4, -0.2) is 28.0 Å². The highest BCUT2D eigenvalue weighted by Gasteiger charge is 2.22. The van der Waals surface area contributed by atoms with Crippen molar-refractivity contribution in [2.24, 2.45) is 0 Å². The molecule has 156 valence electrons. The number of likely N-dealkylation sites (tertiary alicyclic amines) is 1. The van der Waals surface area contributed by atoms with Gasteiger partial charge in [0.25, 0.3) is 0 Å². The molecule has 4 aromatic rings. The smallest absolute Gasteiger partial charge is 0.226 e. The molecule has 0 amide bonds. The number of aryl methyl sites for hydroxylation is 1. The first kappa shape index (κ1) is 19.7. The lowest BCUT2D eigenvalue weighted by Gasteiger charge is -2.31. The SMILES string of the molecule is Cc1oc(-c2ccc(-c3ccccc3)cc2)nc1CN1CCC(c2ccncc2)CC1. The molecule has 2 aromatic heterocycles. The van der Waals surface area contributed by atoms with Gasteiger partial charge in [0.05, 0.1) is 5.69 Å². The zero-order chi connectivity index (χ0) is 21.0. The maximum absolute atomic E-state index is 6.03. The zero-order valence-electron chi connectivity index (χ0n) is 17.9. The Balaban J connectivity index is 1.24. The van der Waals surface area contributed by atoms with Gasteiger partial charge in [0, 0.05) is 24.5 Å². The lowest BCUT2D eigenvalue weighted by Crippen LogP contribution is -2.32. The molecule has 2 aromatic carbocycles. The third-order valence-electron chi connectivity index (χ3n) is 6.27. The van der Waals surface area contributed by atoms with E-state index in [1.165, 1.54) is 29.5 Å². The minimum Gasteiger partial charge on any atom is -0.441 e. The zero-order valence-corrected chi connectivity index (χ0v) is 17.9. The van der Waals surface area contributed by atoms with Crippen molar-refractivity contribution in [3.63, 3.8) is 0 Å². The molecule has 0 spiro atoms. The second kappa shape index (κ2) is 8.86. The van der Waals surface area contributed by atoms with Crippen molar-refractivity contribution in [1.29, 1.82) is 0 Å². The third kappa shape index (κ3) is 4.44. The molecule has 0 atom stereocenters. The first-order chi connectivity index (χ1) is 15.3. The van der Waals surface area contributed by atoms with E-state index in [0.717, 1.165) is 36.7 Å². The molecule has 0 aliphatic carbocycles. The van der Waals surface area contributed by atoms with Crippen LogP contribution < -0.4 is 0 Å². The first-order valence-electron chi connectivity index (χ1n) is 11.0. The summed E-state index contributed by atoms with van der Waals surface area (Å²) >= 11 is 0. The van der Waals surface area contributed by atoms with Gasteiger partial charge in [0.2, 0.25) is 5.89 Å². The van der Waals surface area contributed by atoms with E-state index in [2.05, 4.69) is 70.5 Å². The number of benzene rings is 2. The molecule has 0 unspecified atom stereocenters. The van der Waals surface area contributed by atoms with E-state index in [-0.39, 0.29) is 0 Å². The summed E-state index contributed by atoms with van der Waals surface area (Å²) in [6.07, 6.45) is 6.15. The van der Waals surface area contributed by atoms with Crippen LogP contribution in [0.1, 0.15) is 35.8 Å². The van der Waals surface area contributed by atoms with Crippen LogP contribution in [-0.2, 0) is 6.54 Å². The first-order valence-corrected chi connectivity index (χ1v) is 11.0. The van der Waals surface area contributed by atoms with E-state index in [1.807, 2.05) is 25.4 Å². The topological polar surface area (TPSA) is 42.2 Å². The van der Waals surface area contributed by atoms with Crippen molar-refractivity contribution in [2.45, 2.75) is 32.2 Å². The van der Waals surface area contributed by atoms with Crippen molar-refractivity contribution in [3.05, 3.63) is 96.1 Å². The molecule has 4 nitrogen and oxygen atoms in total. The molecule has 3 heterocycles. The summed E-state index contributed by atoms with van der Waals surface area (Å²) in [6.45, 7) is 5.04. The van der Waals surface area contributed by atoms with Gasteiger partial charge in [-0.2, -0.15) is 0 Å². The van der Waals surface area contributed by atoms with Gasteiger partial charge in [-0.05, 0) is 79.7 Å². The average molecular weight is 410 g/mol. The Labute approximate surface area is 183 Å². The highest BCUT2D eigenvalue weighted by Crippen LogP contribution is 2.30. The van der Waals surface area contributed by atoms with Crippen molar-refractivity contribution in [3.8, 4) is 22.6 Å². The number of hydrogen-bond acceptors (Lipinski definition) is 4. The number of aromatic nitrogens is 2. The van der Waals surface area contributed by atoms with Crippen LogP contribution in [0.15, 0.2) is 83.5 Å². The van der Waals surface area contributed by atoms with Crippen LogP contribution in [0.3, 0.4) is 0 Å². The molecule has 0 saturated carbocycles. The fraction of sp³-hybridized carbons (Fsp3) is 0.259. The Morgan fingerprint density at radius 2 is 1.48 bits per heavy atom. The van der Waals surface area contributed by atoms with Gasteiger partial charge < -0.3 is 4.42 Å². The van der Waals surface area contributed by atoms with Gasteiger partial charge in [-0.1, -0.05) is 42.5 Å². The van der Waals surface area contributed by atoms with Crippen LogP contribution in [0, 0.1) is 6.92 Å². The Morgan fingerprint density at radius 3 is 2.19 bits per heavy atom. The molecular weight excluding hydrogens is 382 g/mol. The fourth-order valence-electron chi connectivity index (χ4n) is 4.41. The van der Waals surface area contributed by atoms with Crippen LogP contribution in [0.2, 0.25) is 0 Å². The molecule has 5 rings (SSSR count). The van der Waals surface area contributed by atoms with E-state index < -0.39 is 0 Å². The highest BCUT2D eigenvalue weighted by molar-refractivity contribution is 5.67. The summed E-state index contributed by atoms with van der Waals surface area (Å²) in [4.78, 5) is 11.5. The normalized spacial score (nSPS) is 15.3. The monoisotopic (exact) mass is 409 g/mol. The molecule has 1 aliphatic heterocycles. The Bertz CT molecular complexity index is 1110. The van der Waals surface area contributed by atoms with Crippen LogP contribution in [0.25, 0.3) is 22.6 Å². The van der Waals surface area contributed by atoms with Gasteiger partial charge in [0.15, 0.2) is 0 Å². The predicted octanol–water partition coefficient (Wildman–Crippen LogP) is 6.09. The second-order valence-corrected chi connectivity index (χ2v) is 8.30. The molecule has 0 N–H and O–H groups in total. The number of hydrogen-bond donors (Lipinski definition) is 0. The van der Waals surface area contributed by atoms with Gasteiger partial charge in [-0.15, -0.1) is 0 Å². The molecule has 0 radical (unpaired) electrons. The van der Waals surface area contributed by atoms with Gasteiger partial charge in [0.1, 0.15) is 5.76 Å². The summed E-state index contributed by atoms with van der Waals surface area (Å²) in [5, 5.41) is 0. The third-order valence-corrected chi connectivity index (χ3v) is 6.27. The quantitative estimate of drug-likeness (QED) is 0.400. The van der Waals surface area contributed by atoms with Crippen LogP contribution in [0.5, 0.6) is 0 Å². The molecule has 31 heavy (non-hydrogen) atoms. The minimum absolute atomic E-state index is 0.636. The minimum atomic E-state index is 0.636. The summed E-state index contributed by atoms with van der Waals surface area (Å²) < 4.78 is 6.03. The molecule has 1 fully saturated rings. The van der Waals surface area contributed by atoms with Crippen molar-refractivity contribution >= 4 is 0 Å². The van der Waals surface area contributed by atoms with Gasteiger partial charge >= 0.3 is 0 Å². The fourth-order valence-corrected chi connectivity index (χ4v) is 4.41. The number of nitrogens with zero attached hydrogens (tertiary/aromatic N) is 3. The van der Waals surface area contributed by atoms with Crippen molar-refractivity contribution in [2.75, 3.05) is 13.1 Å². The Kier molecular flexibility index (Phi) is 5.63. The average Bonchev–Trinajstić information content (AvgIpc) is 3.21. The highest BCUT2D eigenvalue weighted by atomic mass is 16.4. The summed E-state index contributed by atoms with van der Waals surface area (Å²) in [5.74, 6) is 2.26. The summed E-state index contributed by atoms with van der Waals surface area (Å²) in [5.41, 5.74) is 5.89. The van der Waals surface area contributed by atoms with E-state index >= 15 is 0 Å². The summed E-state index contributed by atoms with van der Waals surface area (Å²) in [7, 11) is 0. The van der Waals surface area contributed by atoms with Crippen molar-refractivity contribution < 1.29 is 4.42 Å². The lowest BCUT2D eigenvalue weighted by molar-refractivity contribution is 0.202. The van der Waals surface area contributed by atoms with E-state index in [4.69, 9.17) is 9.40 Å². The van der Waals surface area contributed by atoms with Crippen LogP contribution >= 0.6 is 0 Å². The molecule has 0 bridgehead atoms. The molecule has 1 saturated heterocycles. The molecule has 4 heteroatoms. The number of oxazole rings is 1. The van der Waals surface area contributed by atoms with E-state index in [9.17, 15) is 0 Å². The van der Waals surface area contributed by atoms with Gasteiger partial charge in [-0.25, -0.2) is 4.98 Å². The maximum Gasteiger partial charge on any atom is 0.226 e. The largest absolute Gasteiger partial charge is 0.441 e. The number of piperidine rings is 1. The molecular formula is C27H27N3O. The summed E-state index contributed by atoms with van der Waals surface area (Å²) in [6, 6.07) is 23.2. The lowest BCUT2D eigenvalue weighted by atomic mass is 9.90. The number of pyridine rings is 1. The number of rotatable bonds is 5. The molecule has 1 aliphatic rings. The maximum atomic E-state index is 6.03. The van der Waals surface area contributed by atoms with Crippen LogP contribution in [0.4, 0.5) is 0 Å².